The van der Waals surface area contributed by atoms with Crippen molar-refractivity contribution >= 4 is 16.0 Å². The number of carboxylic acids is 1. The van der Waals surface area contributed by atoms with Crippen LogP contribution in [0.2, 0.25) is 0 Å². The van der Waals surface area contributed by atoms with Crippen molar-refractivity contribution < 1.29 is 22.7 Å². The first-order chi connectivity index (χ1) is 6.73. The molecule has 7 heteroatoms. The molecule has 1 aromatic carbocycles. The van der Waals surface area contributed by atoms with Gasteiger partial charge < -0.3 is 5.11 Å². The summed E-state index contributed by atoms with van der Waals surface area (Å²) in [5.41, 5.74) is -0.406. The number of hydrogen-bond acceptors (Lipinski definition) is 3. The standard InChI is InChI=1S/C8H8FNO4S/c1-4-2-5(8(11)12)3-6(7(4)9)15(10,13)14/h2-3H,1H3,(H,11,12)(H2,10,13,14). The maximum absolute atomic E-state index is 13.3. The van der Waals surface area contributed by atoms with Gasteiger partial charge in [0.25, 0.3) is 0 Å². The van der Waals surface area contributed by atoms with Gasteiger partial charge in [-0.15, -0.1) is 0 Å². The van der Waals surface area contributed by atoms with Crippen molar-refractivity contribution in [2.24, 2.45) is 5.14 Å². The molecule has 0 heterocycles. The summed E-state index contributed by atoms with van der Waals surface area (Å²) in [6.45, 7) is 1.26. The van der Waals surface area contributed by atoms with Crippen molar-refractivity contribution in [2.75, 3.05) is 0 Å². The Balaban J connectivity index is 3.59. The summed E-state index contributed by atoms with van der Waals surface area (Å²) < 4.78 is 35.1. The lowest BCUT2D eigenvalue weighted by Crippen LogP contribution is -2.16. The molecule has 3 N–H and O–H groups in total. The molecule has 82 valence electrons. The van der Waals surface area contributed by atoms with Gasteiger partial charge >= 0.3 is 5.97 Å². The highest BCUT2D eigenvalue weighted by atomic mass is 32.2. The van der Waals surface area contributed by atoms with E-state index in [0.29, 0.717) is 6.07 Å². The van der Waals surface area contributed by atoms with Crippen LogP contribution in [0.25, 0.3) is 0 Å². The number of sulfonamides is 1. The van der Waals surface area contributed by atoms with Gasteiger partial charge in [-0.3, -0.25) is 0 Å². The minimum atomic E-state index is -4.25. The Morgan fingerprint density at radius 1 is 1.47 bits per heavy atom. The van der Waals surface area contributed by atoms with Crippen LogP contribution in [-0.2, 0) is 10.0 Å². The summed E-state index contributed by atoms with van der Waals surface area (Å²) in [6.07, 6.45) is 0. The maximum atomic E-state index is 13.3. The number of benzene rings is 1. The van der Waals surface area contributed by atoms with Crippen LogP contribution in [0.5, 0.6) is 0 Å². The highest BCUT2D eigenvalue weighted by Gasteiger charge is 2.19. The molecule has 0 aliphatic carbocycles. The zero-order chi connectivity index (χ0) is 11.8. The van der Waals surface area contributed by atoms with E-state index >= 15 is 0 Å². The van der Waals surface area contributed by atoms with Crippen LogP contribution in [0, 0.1) is 12.7 Å². The van der Waals surface area contributed by atoms with Crippen molar-refractivity contribution in [3.63, 3.8) is 0 Å². The molecule has 0 radical (unpaired) electrons. The number of aromatic carboxylic acids is 1. The number of rotatable bonds is 2. The van der Waals surface area contributed by atoms with Crippen LogP contribution in [-0.4, -0.2) is 19.5 Å². The molecule has 0 fully saturated rings. The Kier molecular flexibility index (Phi) is 2.78. The SMILES string of the molecule is Cc1cc(C(=O)O)cc(S(N)(=O)=O)c1F. The largest absolute Gasteiger partial charge is 0.478 e. The number of carboxylic acid groups (broad SMARTS) is 1. The van der Waals surface area contributed by atoms with Crippen LogP contribution >= 0.6 is 0 Å². The normalized spacial score (nSPS) is 11.4. The highest BCUT2D eigenvalue weighted by molar-refractivity contribution is 7.89. The average Bonchev–Trinajstić information content (AvgIpc) is 2.06. The molecule has 0 aromatic heterocycles. The molecule has 0 saturated carbocycles. The Morgan fingerprint density at radius 2 is 2.00 bits per heavy atom. The smallest absolute Gasteiger partial charge is 0.335 e. The molecule has 0 atom stereocenters. The molecule has 1 rings (SSSR count). The first kappa shape index (κ1) is 11.6. The first-order valence-corrected chi connectivity index (χ1v) is 5.34. The van der Waals surface area contributed by atoms with Crippen LogP contribution in [0.15, 0.2) is 17.0 Å². The van der Waals surface area contributed by atoms with E-state index in [2.05, 4.69) is 0 Å². The number of carbonyl (C=O) groups is 1. The summed E-state index contributed by atoms with van der Waals surface area (Å²) in [4.78, 5) is 9.78. The molecular formula is C8H8FNO4S. The Labute approximate surface area is 85.4 Å². The lowest BCUT2D eigenvalue weighted by molar-refractivity contribution is 0.0696. The zero-order valence-electron chi connectivity index (χ0n) is 7.69. The van der Waals surface area contributed by atoms with Crippen LogP contribution in [0.4, 0.5) is 4.39 Å². The summed E-state index contributed by atoms with van der Waals surface area (Å²) in [7, 11) is -4.25. The quantitative estimate of drug-likeness (QED) is 0.776. The van der Waals surface area contributed by atoms with E-state index in [9.17, 15) is 17.6 Å². The molecule has 1 aromatic rings. The topological polar surface area (TPSA) is 97.5 Å². The second-order valence-electron chi connectivity index (χ2n) is 2.96. The molecule has 0 spiro atoms. The predicted octanol–water partition coefficient (Wildman–Crippen LogP) is 0.480. The molecule has 0 amide bonds. The van der Waals surface area contributed by atoms with E-state index in [4.69, 9.17) is 10.2 Å². The molecule has 0 aliphatic rings. The number of nitrogens with two attached hydrogens (primary N) is 1. The fourth-order valence-corrected chi connectivity index (χ4v) is 1.77. The van der Waals surface area contributed by atoms with Gasteiger partial charge in [0.15, 0.2) is 0 Å². The molecule has 0 unspecified atom stereocenters. The van der Waals surface area contributed by atoms with Gasteiger partial charge in [-0.25, -0.2) is 22.7 Å². The summed E-state index contributed by atoms with van der Waals surface area (Å²) in [5, 5.41) is 13.4. The van der Waals surface area contributed by atoms with Crippen molar-refractivity contribution in [2.45, 2.75) is 11.8 Å². The van der Waals surface area contributed by atoms with Crippen molar-refractivity contribution in [1.82, 2.24) is 0 Å². The third kappa shape index (κ3) is 2.31. The van der Waals surface area contributed by atoms with Crippen molar-refractivity contribution in [3.05, 3.63) is 29.1 Å². The number of halogens is 1. The molecule has 5 nitrogen and oxygen atoms in total. The van der Waals surface area contributed by atoms with E-state index < -0.39 is 26.7 Å². The van der Waals surface area contributed by atoms with E-state index in [0.717, 1.165) is 6.07 Å². The fourth-order valence-electron chi connectivity index (χ4n) is 1.07. The molecule has 0 bridgehead atoms. The second kappa shape index (κ2) is 3.59. The number of primary sulfonamides is 1. The minimum Gasteiger partial charge on any atom is -0.478 e. The van der Waals surface area contributed by atoms with Gasteiger partial charge in [-0.2, -0.15) is 0 Å². The lowest BCUT2D eigenvalue weighted by atomic mass is 10.1. The Bertz CT molecular complexity index is 524. The number of aryl methyl sites for hydroxylation is 1. The third-order valence-electron chi connectivity index (χ3n) is 1.77. The number of hydrogen-bond donors (Lipinski definition) is 2. The second-order valence-corrected chi connectivity index (χ2v) is 4.49. The van der Waals surface area contributed by atoms with Gasteiger partial charge in [0, 0.05) is 0 Å². The van der Waals surface area contributed by atoms with Crippen molar-refractivity contribution in [3.8, 4) is 0 Å². The van der Waals surface area contributed by atoms with Gasteiger partial charge in [-0.05, 0) is 24.6 Å². The van der Waals surface area contributed by atoms with Gasteiger partial charge in [0.05, 0.1) is 5.56 Å². The highest BCUT2D eigenvalue weighted by Crippen LogP contribution is 2.19. The van der Waals surface area contributed by atoms with E-state index in [1.54, 1.807) is 0 Å². The van der Waals surface area contributed by atoms with E-state index in [1.165, 1.54) is 6.92 Å². The average molecular weight is 233 g/mol. The van der Waals surface area contributed by atoms with E-state index in [-0.39, 0.29) is 11.1 Å². The zero-order valence-corrected chi connectivity index (χ0v) is 8.51. The Morgan fingerprint density at radius 3 is 2.40 bits per heavy atom. The molecule has 0 saturated heterocycles. The van der Waals surface area contributed by atoms with Gasteiger partial charge in [-0.1, -0.05) is 0 Å². The Hall–Kier alpha value is -1.47. The van der Waals surface area contributed by atoms with Crippen LogP contribution in [0.1, 0.15) is 15.9 Å². The van der Waals surface area contributed by atoms with Gasteiger partial charge in [0.1, 0.15) is 10.7 Å². The summed E-state index contributed by atoms with van der Waals surface area (Å²) in [6, 6.07) is 1.73. The fraction of sp³-hybridized carbons (Fsp3) is 0.125. The minimum absolute atomic E-state index is 0.0843. The monoisotopic (exact) mass is 233 g/mol. The predicted molar refractivity (Wildman–Crippen MR) is 49.5 cm³/mol. The van der Waals surface area contributed by atoms with E-state index in [1.807, 2.05) is 0 Å². The molecule has 0 aliphatic heterocycles. The van der Waals surface area contributed by atoms with Crippen LogP contribution in [0.3, 0.4) is 0 Å². The lowest BCUT2D eigenvalue weighted by Gasteiger charge is -2.05. The summed E-state index contributed by atoms with van der Waals surface area (Å²) in [5.74, 6) is -2.37. The summed E-state index contributed by atoms with van der Waals surface area (Å²) >= 11 is 0. The third-order valence-corrected chi connectivity index (χ3v) is 2.68. The van der Waals surface area contributed by atoms with Gasteiger partial charge in [0.2, 0.25) is 10.0 Å². The first-order valence-electron chi connectivity index (χ1n) is 3.79. The van der Waals surface area contributed by atoms with Crippen LogP contribution < -0.4 is 5.14 Å². The maximum Gasteiger partial charge on any atom is 0.335 e. The van der Waals surface area contributed by atoms with Crippen molar-refractivity contribution in [1.29, 1.82) is 0 Å². The molecule has 15 heavy (non-hydrogen) atoms. The molecular weight excluding hydrogens is 225 g/mol.